The normalized spacial score (nSPS) is 11.4. The van der Waals surface area contributed by atoms with Crippen molar-refractivity contribution in [3.05, 3.63) is 47.0 Å². The molecule has 0 aliphatic heterocycles. The Morgan fingerprint density at radius 2 is 1.91 bits per heavy atom. The number of aromatic nitrogens is 3. The van der Waals surface area contributed by atoms with Gasteiger partial charge < -0.3 is 5.11 Å². The van der Waals surface area contributed by atoms with Gasteiger partial charge in [-0.2, -0.15) is 0 Å². The summed E-state index contributed by atoms with van der Waals surface area (Å²) < 4.78 is 14.7. The highest BCUT2D eigenvalue weighted by Crippen LogP contribution is 2.13. The van der Waals surface area contributed by atoms with Gasteiger partial charge in [0, 0.05) is 6.54 Å². The number of hydrogen-bond donors (Lipinski definition) is 1. The van der Waals surface area contributed by atoms with Gasteiger partial charge >= 0.3 is 0 Å². The second kappa shape index (κ2) is 8.44. The predicted molar refractivity (Wildman–Crippen MR) is 85.4 cm³/mol. The SMILES string of the molecule is CCCCCCn1nnc(CO)c1/C=C/c1ccc(F)cc1. The molecule has 0 atom stereocenters. The lowest BCUT2D eigenvalue weighted by atomic mass is 10.2. The third-order valence-electron chi connectivity index (χ3n) is 3.52. The van der Waals surface area contributed by atoms with E-state index in [4.69, 9.17) is 0 Å². The van der Waals surface area contributed by atoms with Crippen LogP contribution in [0.5, 0.6) is 0 Å². The Morgan fingerprint density at radius 1 is 1.14 bits per heavy atom. The molecule has 0 aliphatic carbocycles. The quantitative estimate of drug-likeness (QED) is 0.757. The van der Waals surface area contributed by atoms with Crippen LogP contribution in [-0.4, -0.2) is 20.1 Å². The Bertz CT molecular complexity index is 605. The van der Waals surface area contributed by atoms with Gasteiger partial charge in [0.2, 0.25) is 0 Å². The van der Waals surface area contributed by atoms with Crippen molar-refractivity contribution in [3.8, 4) is 0 Å². The molecule has 0 amide bonds. The zero-order valence-electron chi connectivity index (χ0n) is 12.9. The molecule has 0 aliphatic rings. The summed E-state index contributed by atoms with van der Waals surface area (Å²) in [7, 11) is 0. The summed E-state index contributed by atoms with van der Waals surface area (Å²) in [6, 6.07) is 6.26. The van der Waals surface area contributed by atoms with Crippen LogP contribution in [0.2, 0.25) is 0 Å². The van der Waals surface area contributed by atoms with Crippen LogP contribution in [0.25, 0.3) is 12.2 Å². The summed E-state index contributed by atoms with van der Waals surface area (Å²) in [4.78, 5) is 0. The van der Waals surface area contributed by atoms with Gasteiger partial charge in [0.15, 0.2) is 0 Å². The average molecular weight is 303 g/mol. The minimum absolute atomic E-state index is 0.141. The highest BCUT2D eigenvalue weighted by molar-refractivity contribution is 5.68. The maximum Gasteiger partial charge on any atom is 0.123 e. The van der Waals surface area contributed by atoms with Gasteiger partial charge in [-0.15, -0.1) is 5.10 Å². The molecule has 22 heavy (non-hydrogen) atoms. The summed E-state index contributed by atoms with van der Waals surface area (Å²) in [6.45, 7) is 2.82. The van der Waals surface area contributed by atoms with Gasteiger partial charge in [0.05, 0.1) is 12.3 Å². The second-order valence-corrected chi connectivity index (χ2v) is 5.25. The molecule has 0 fully saturated rings. The van der Waals surface area contributed by atoms with E-state index in [1.54, 1.807) is 12.1 Å². The molecule has 1 heterocycles. The van der Waals surface area contributed by atoms with Crippen LogP contribution in [0.15, 0.2) is 24.3 Å². The molecule has 0 unspecified atom stereocenters. The van der Waals surface area contributed by atoms with Gasteiger partial charge in [0.1, 0.15) is 11.5 Å². The average Bonchev–Trinajstić information content (AvgIpc) is 2.93. The number of aliphatic hydroxyl groups is 1. The molecule has 0 saturated heterocycles. The number of unbranched alkanes of at least 4 members (excludes halogenated alkanes) is 3. The summed E-state index contributed by atoms with van der Waals surface area (Å²) in [5.41, 5.74) is 2.26. The molecule has 2 rings (SSSR count). The molecule has 0 bridgehead atoms. The summed E-state index contributed by atoms with van der Waals surface area (Å²) in [5, 5.41) is 17.5. The molecular formula is C17H22FN3O. The third kappa shape index (κ3) is 4.49. The molecule has 1 N–H and O–H groups in total. The Labute approximate surface area is 130 Å². The highest BCUT2D eigenvalue weighted by atomic mass is 19.1. The first-order valence-electron chi connectivity index (χ1n) is 7.71. The molecule has 0 spiro atoms. The predicted octanol–water partition coefficient (Wildman–Crippen LogP) is 3.66. The molecule has 4 nitrogen and oxygen atoms in total. The van der Waals surface area contributed by atoms with Gasteiger partial charge in [-0.25, -0.2) is 9.07 Å². The Morgan fingerprint density at radius 3 is 2.59 bits per heavy atom. The molecule has 118 valence electrons. The first kappa shape index (κ1) is 16.4. The van der Waals surface area contributed by atoms with Gasteiger partial charge in [0.25, 0.3) is 0 Å². The van der Waals surface area contributed by atoms with E-state index in [1.807, 2.05) is 16.8 Å². The van der Waals surface area contributed by atoms with Gasteiger partial charge in [-0.3, -0.25) is 0 Å². The van der Waals surface area contributed by atoms with Crippen LogP contribution in [0.3, 0.4) is 0 Å². The maximum atomic E-state index is 12.9. The lowest BCUT2D eigenvalue weighted by Crippen LogP contribution is -2.03. The topological polar surface area (TPSA) is 50.9 Å². The molecule has 0 radical (unpaired) electrons. The maximum absolute atomic E-state index is 12.9. The second-order valence-electron chi connectivity index (χ2n) is 5.25. The zero-order valence-corrected chi connectivity index (χ0v) is 12.9. The van der Waals surface area contributed by atoms with Crippen molar-refractivity contribution in [3.63, 3.8) is 0 Å². The number of aliphatic hydroxyl groups excluding tert-OH is 1. The van der Waals surface area contributed by atoms with Crippen LogP contribution < -0.4 is 0 Å². The smallest absolute Gasteiger partial charge is 0.123 e. The van der Waals surface area contributed by atoms with E-state index in [0.29, 0.717) is 5.69 Å². The van der Waals surface area contributed by atoms with Crippen LogP contribution in [0.4, 0.5) is 4.39 Å². The standard InChI is InChI=1S/C17H22FN3O/c1-2-3-4-5-12-21-17(16(13-22)19-20-21)11-8-14-6-9-15(18)10-7-14/h6-11,22H,2-5,12-13H2,1H3/b11-8+. The van der Waals surface area contributed by atoms with E-state index in [0.717, 1.165) is 30.6 Å². The van der Waals surface area contributed by atoms with E-state index >= 15 is 0 Å². The zero-order chi connectivity index (χ0) is 15.8. The Hall–Kier alpha value is -2.01. The van der Waals surface area contributed by atoms with E-state index in [2.05, 4.69) is 17.2 Å². The minimum atomic E-state index is -0.254. The number of nitrogens with zero attached hydrogens (tertiary/aromatic N) is 3. The first-order valence-corrected chi connectivity index (χ1v) is 7.71. The summed E-state index contributed by atoms with van der Waals surface area (Å²) in [6.07, 6.45) is 8.35. The molecule has 2 aromatic rings. The monoisotopic (exact) mass is 303 g/mol. The van der Waals surface area contributed by atoms with Crippen molar-refractivity contribution in [2.75, 3.05) is 0 Å². The fraction of sp³-hybridized carbons (Fsp3) is 0.412. The van der Waals surface area contributed by atoms with Crippen molar-refractivity contribution < 1.29 is 9.50 Å². The lowest BCUT2D eigenvalue weighted by molar-refractivity contribution is 0.276. The molecule has 5 heteroatoms. The Kier molecular flexibility index (Phi) is 6.27. The highest BCUT2D eigenvalue weighted by Gasteiger charge is 2.09. The molecule has 1 aromatic carbocycles. The van der Waals surface area contributed by atoms with Crippen molar-refractivity contribution >= 4 is 12.2 Å². The van der Waals surface area contributed by atoms with Crippen LogP contribution in [-0.2, 0) is 13.2 Å². The number of rotatable bonds is 8. The molecule has 1 aromatic heterocycles. The van der Waals surface area contributed by atoms with E-state index in [1.165, 1.54) is 25.0 Å². The minimum Gasteiger partial charge on any atom is -0.390 e. The largest absolute Gasteiger partial charge is 0.390 e. The van der Waals surface area contributed by atoms with E-state index in [9.17, 15) is 9.50 Å². The van der Waals surface area contributed by atoms with Crippen molar-refractivity contribution in [2.24, 2.45) is 0 Å². The van der Waals surface area contributed by atoms with Crippen molar-refractivity contribution in [2.45, 2.75) is 45.8 Å². The molecule has 0 saturated carbocycles. The van der Waals surface area contributed by atoms with Crippen LogP contribution >= 0.6 is 0 Å². The van der Waals surface area contributed by atoms with Crippen LogP contribution in [0, 0.1) is 5.82 Å². The lowest BCUT2D eigenvalue weighted by Gasteiger charge is -2.04. The number of benzene rings is 1. The van der Waals surface area contributed by atoms with Crippen molar-refractivity contribution in [1.82, 2.24) is 15.0 Å². The number of hydrogen-bond acceptors (Lipinski definition) is 3. The van der Waals surface area contributed by atoms with E-state index < -0.39 is 0 Å². The van der Waals surface area contributed by atoms with Gasteiger partial charge in [-0.05, 0) is 30.2 Å². The third-order valence-corrected chi connectivity index (χ3v) is 3.52. The van der Waals surface area contributed by atoms with Crippen molar-refractivity contribution in [1.29, 1.82) is 0 Å². The van der Waals surface area contributed by atoms with Gasteiger partial charge in [-0.1, -0.05) is 49.6 Å². The summed E-state index contributed by atoms with van der Waals surface area (Å²) in [5.74, 6) is -0.254. The number of aryl methyl sites for hydroxylation is 1. The first-order chi connectivity index (χ1) is 10.7. The fourth-order valence-electron chi connectivity index (χ4n) is 2.25. The Balaban J connectivity index is 2.10. The summed E-state index contributed by atoms with van der Waals surface area (Å²) >= 11 is 0. The van der Waals surface area contributed by atoms with E-state index in [-0.39, 0.29) is 12.4 Å². The molecular weight excluding hydrogens is 281 g/mol. The fourth-order valence-corrected chi connectivity index (χ4v) is 2.25. The number of halogens is 1. The van der Waals surface area contributed by atoms with Crippen LogP contribution in [0.1, 0.15) is 49.6 Å².